The summed E-state index contributed by atoms with van der Waals surface area (Å²) in [5.41, 5.74) is 0. The molecule has 29 heavy (non-hydrogen) atoms. The summed E-state index contributed by atoms with van der Waals surface area (Å²) in [7, 11) is -0.747. The van der Waals surface area contributed by atoms with Gasteiger partial charge in [-0.25, -0.2) is 0 Å². The maximum Gasteiger partial charge on any atom is 0.143 e. The van der Waals surface area contributed by atoms with Crippen molar-refractivity contribution in [2.24, 2.45) is 0 Å². The second-order valence-electron chi connectivity index (χ2n) is 7.41. The number of fused-ring (bicyclic) bond motifs is 8. The van der Waals surface area contributed by atoms with Crippen LogP contribution in [0.25, 0.3) is 21.5 Å². The van der Waals surface area contributed by atoms with E-state index in [1.807, 2.05) is 6.07 Å². The Morgan fingerprint density at radius 1 is 0.483 bits per heavy atom. The van der Waals surface area contributed by atoms with E-state index < -0.39 is 7.92 Å². The van der Waals surface area contributed by atoms with Crippen LogP contribution in [0, 0.1) is 0 Å². The van der Waals surface area contributed by atoms with Crippen LogP contribution in [0.3, 0.4) is 0 Å². The third-order valence-electron chi connectivity index (χ3n) is 5.81. The molecular weight excluding hydrogens is 375 g/mol. The maximum atomic E-state index is 6.48. The Hall–Kier alpha value is -3.35. The van der Waals surface area contributed by atoms with Crippen LogP contribution in [0.5, 0.6) is 23.0 Å². The van der Waals surface area contributed by atoms with Crippen LogP contribution in [-0.2, 0) is 0 Å². The predicted octanol–water partition coefficient (Wildman–Crippen LogP) is 5.96. The Morgan fingerprint density at radius 2 is 1.00 bits per heavy atom. The summed E-state index contributed by atoms with van der Waals surface area (Å²) >= 11 is 0. The molecule has 7 rings (SSSR count). The zero-order chi connectivity index (χ0) is 18.9. The molecule has 0 aromatic heterocycles. The van der Waals surface area contributed by atoms with Crippen molar-refractivity contribution >= 4 is 45.4 Å². The van der Waals surface area contributed by atoms with Crippen molar-refractivity contribution < 1.29 is 9.47 Å². The largest absolute Gasteiger partial charge is 0.455 e. The molecule has 0 saturated carbocycles. The molecular formula is C26H15O2P. The first-order valence-corrected chi connectivity index (χ1v) is 11.0. The van der Waals surface area contributed by atoms with Crippen molar-refractivity contribution in [3.05, 3.63) is 91.0 Å². The summed E-state index contributed by atoms with van der Waals surface area (Å²) in [6.45, 7) is 0. The highest BCUT2D eigenvalue weighted by molar-refractivity contribution is 7.80. The maximum absolute atomic E-state index is 6.48. The molecule has 2 aliphatic heterocycles. The summed E-state index contributed by atoms with van der Waals surface area (Å²) in [6, 6.07) is 32.0. The standard InChI is InChI=1S/C26H15O2P/c1-3-8-18-16(6-1)12-14-22-24(18)27-20-10-5-11-21-26(20)29(22)23-15-13-17-7-2-4-9-19(17)25(23)28-21/h1-15H. The minimum absolute atomic E-state index is 0.747. The van der Waals surface area contributed by atoms with E-state index in [-0.39, 0.29) is 0 Å². The van der Waals surface area contributed by atoms with E-state index in [0.717, 1.165) is 33.8 Å². The number of hydrogen-bond donors (Lipinski definition) is 0. The Morgan fingerprint density at radius 3 is 1.55 bits per heavy atom. The van der Waals surface area contributed by atoms with Gasteiger partial charge in [-0.3, -0.25) is 0 Å². The summed E-state index contributed by atoms with van der Waals surface area (Å²) < 4.78 is 13.0. The van der Waals surface area contributed by atoms with Crippen LogP contribution >= 0.6 is 7.92 Å². The van der Waals surface area contributed by atoms with Gasteiger partial charge in [0.25, 0.3) is 0 Å². The van der Waals surface area contributed by atoms with Crippen LogP contribution in [0.2, 0.25) is 0 Å². The minimum Gasteiger partial charge on any atom is -0.455 e. The molecule has 2 heterocycles. The number of ether oxygens (including phenoxy) is 2. The molecule has 0 fully saturated rings. The highest BCUT2D eigenvalue weighted by Gasteiger charge is 2.37. The first kappa shape index (κ1) is 15.6. The minimum atomic E-state index is -0.747. The molecule has 0 N–H and O–H groups in total. The molecule has 2 nitrogen and oxygen atoms in total. The molecule has 0 aliphatic carbocycles. The summed E-state index contributed by atoms with van der Waals surface area (Å²) in [4.78, 5) is 0. The van der Waals surface area contributed by atoms with Crippen LogP contribution in [-0.4, -0.2) is 0 Å². The van der Waals surface area contributed by atoms with Crippen molar-refractivity contribution in [1.29, 1.82) is 0 Å². The molecule has 3 heteroatoms. The van der Waals surface area contributed by atoms with Crippen LogP contribution in [0.15, 0.2) is 91.0 Å². The van der Waals surface area contributed by atoms with Gasteiger partial charge in [-0.15, -0.1) is 0 Å². The lowest BCUT2D eigenvalue weighted by atomic mass is 10.1. The fourth-order valence-corrected chi connectivity index (χ4v) is 7.12. The lowest BCUT2D eigenvalue weighted by molar-refractivity contribution is 0.472. The molecule has 0 saturated heterocycles. The van der Waals surface area contributed by atoms with E-state index in [9.17, 15) is 0 Å². The van der Waals surface area contributed by atoms with E-state index in [4.69, 9.17) is 9.47 Å². The van der Waals surface area contributed by atoms with Gasteiger partial charge in [0.15, 0.2) is 0 Å². The number of benzene rings is 5. The van der Waals surface area contributed by atoms with Gasteiger partial charge in [0.1, 0.15) is 23.0 Å². The average molecular weight is 390 g/mol. The topological polar surface area (TPSA) is 18.5 Å². The van der Waals surface area contributed by atoms with Crippen molar-refractivity contribution in [2.75, 3.05) is 0 Å². The van der Waals surface area contributed by atoms with Gasteiger partial charge in [0, 0.05) is 29.3 Å². The third-order valence-corrected chi connectivity index (χ3v) is 8.36. The summed E-state index contributed by atoms with van der Waals surface area (Å²) in [5, 5.41) is 8.44. The Bertz CT molecular complexity index is 1360. The predicted molar refractivity (Wildman–Crippen MR) is 120 cm³/mol. The Balaban J connectivity index is 1.60. The van der Waals surface area contributed by atoms with Gasteiger partial charge in [0.2, 0.25) is 0 Å². The number of rotatable bonds is 0. The molecule has 136 valence electrons. The van der Waals surface area contributed by atoms with Crippen molar-refractivity contribution in [3.63, 3.8) is 0 Å². The average Bonchev–Trinajstić information content (AvgIpc) is 2.79. The Labute approximate surface area is 169 Å². The quantitative estimate of drug-likeness (QED) is 0.297. The third kappa shape index (κ3) is 2.04. The lowest BCUT2D eigenvalue weighted by Crippen LogP contribution is -2.32. The van der Waals surface area contributed by atoms with Crippen molar-refractivity contribution in [1.82, 2.24) is 0 Å². The van der Waals surface area contributed by atoms with Gasteiger partial charge in [-0.05, 0) is 35.0 Å². The molecule has 0 radical (unpaired) electrons. The first-order chi connectivity index (χ1) is 14.4. The normalized spacial score (nSPS) is 13.9. The monoisotopic (exact) mass is 390 g/mol. The lowest BCUT2D eigenvalue weighted by Gasteiger charge is -2.35. The summed E-state index contributed by atoms with van der Waals surface area (Å²) in [6.07, 6.45) is 0. The molecule has 0 unspecified atom stereocenters. The van der Waals surface area contributed by atoms with E-state index >= 15 is 0 Å². The van der Waals surface area contributed by atoms with Crippen LogP contribution < -0.4 is 25.4 Å². The van der Waals surface area contributed by atoms with E-state index in [1.165, 1.54) is 26.7 Å². The van der Waals surface area contributed by atoms with Gasteiger partial charge in [0.05, 0.1) is 5.30 Å². The molecule has 0 spiro atoms. The molecule has 0 bridgehead atoms. The second-order valence-corrected chi connectivity index (χ2v) is 9.49. The van der Waals surface area contributed by atoms with Gasteiger partial charge in [-0.1, -0.05) is 66.7 Å². The van der Waals surface area contributed by atoms with Gasteiger partial charge >= 0.3 is 0 Å². The highest BCUT2D eigenvalue weighted by Crippen LogP contribution is 2.54. The Kier molecular flexibility index (Phi) is 3.00. The van der Waals surface area contributed by atoms with Crippen molar-refractivity contribution in [3.8, 4) is 23.0 Å². The zero-order valence-electron chi connectivity index (χ0n) is 15.4. The number of hydrogen-bond acceptors (Lipinski definition) is 2. The smallest absolute Gasteiger partial charge is 0.143 e. The molecule has 0 atom stereocenters. The van der Waals surface area contributed by atoms with E-state index in [0.29, 0.717) is 0 Å². The molecule has 5 aromatic rings. The van der Waals surface area contributed by atoms with E-state index in [2.05, 4.69) is 84.9 Å². The molecule has 2 aliphatic rings. The zero-order valence-corrected chi connectivity index (χ0v) is 16.3. The fourth-order valence-electron chi connectivity index (χ4n) is 4.51. The SMILES string of the molecule is c1cc2c3c(c1)Oc1c(ccc4ccccc14)P3c1ccc3ccccc3c1O2. The summed E-state index contributed by atoms with van der Waals surface area (Å²) in [5.74, 6) is 3.80. The van der Waals surface area contributed by atoms with Crippen LogP contribution in [0.1, 0.15) is 0 Å². The highest BCUT2D eigenvalue weighted by atomic mass is 31.1. The van der Waals surface area contributed by atoms with E-state index in [1.54, 1.807) is 0 Å². The van der Waals surface area contributed by atoms with Crippen molar-refractivity contribution in [2.45, 2.75) is 0 Å². The van der Waals surface area contributed by atoms with Crippen LogP contribution in [0.4, 0.5) is 0 Å². The van der Waals surface area contributed by atoms with Gasteiger partial charge in [-0.2, -0.15) is 0 Å². The second kappa shape index (κ2) is 5.59. The van der Waals surface area contributed by atoms with Gasteiger partial charge < -0.3 is 9.47 Å². The fraction of sp³-hybridized carbons (Fsp3) is 0. The molecule has 0 amide bonds. The first-order valence-electron chi connectivity index (χ1n) is 9.71. The molecule has 5 aromatic carbocycles.